The van der Waals surface area contributed by atoms with Gasteiger partial charge in [0, 0.05) is 23.4 Å². The van der Waals surface area contributed by atoms with Gasteiger partial charge in [-0.3, -0.25) is 19.2 Å². The van der Waals surface area contributed by atoms with Crippen molar-refractivity contribution in [1.29, 1.82) is 0 Å². The zero-order chi connectivity index (χ0) is 30.9. The molecule has 0 aliphatic carbocycles. The molecule has 0 radical (unpaired) electrons. The summed E-state index contributed by atoms with van der Waals surface area (Å²) in [6, 6.07) is 13.2. The fourth-order valence-electron chi connectivity index (χ4n) is 5.15. The van der Waals surface area contributed by atoms with E-state index in [0.29, 0.717) is 30.7 Å². The van der Waals surface area contributed by atoms with Gasteiger partial charge in [0.25, 0.3) is 5.91 Å². The highest BCUT2D eigenvalue weighted by atomic mass is 16.5. The van der Waals surface area contributed by atoms with Crippen LogP contribution in [0.5, 0.6) is 5.75 Å². The molecule has 11 heteroatoms. The Hall–Kier alpha value is -4.67. The van der Waals surface area contributed by atoms with E-state index >= 15 is 0 Å². The molecule has 1 aliphatic rings. The lowest BCUT2D eigenvalue weighted by Gasteiger charge is -2.28. The number of ketones is 1. The summed E-state index contributed by atoms with van der Waals surface area (Å²) in [6.07, 6.45) is 1.65. The first-order valence-corrected chi connectivity index (χ1v) is 14.5. The number of esters is 1. The summed E-state index contributed by atoms with van der Waals surface area (Å²) in [5, 5.41) is 9.06. The second-order valence-electron chi connectivity index (χ2n) is 11.1. The fraction of sp³-hybridized carbons (Fsp3) is 0.406. The number of fused-ring (bicyclic) bond motifs is 1. The lowest BCUT2D eigenvalue weighted by atomic mass is 9.90. The molecule has 3 aromatic rings. The molecule has 1 aliphatic heterocycles. The van der Waals surface area contributed by atoms with E-state index in [1.165, 1.54) is 0 Å². The smallest absolute Gasteiger partial charge is 0.338 e. The van der Waals surface area contributed by atoms with Crippen LogP contribution in [0.3, 0.4) is 0 Å². The second-order valence-corrected chi connectivity index (χ2v) is 11.1. The number of amides is 3. The zero-order valence-electron chi connectivity index (χ0n) is 24.6. The minimum Gasteiger partial charge on any atom is -0.496 e. The quantitative estimate of drug-likeness (QED) is 0.223. The van der Waals surface area contributed by atoms with E-state index in [2.05, 4.69) is 20.9 Å². The molecule has 4 N–H and O–H groups in total. The normalized spacial score (nSPS) is 16.2. The van der Waals surface area contributed by atoms with Crippen LogP contribution in [0.1, 0.15) is 60.4 Å². The Bertz CT molecular complexity index is 1470. The first-order chi connectivity index (χ1) is 20.7. The maximum atomic E-state index is 13.6. The average Bonchev–Trinajstić information content (AvgIpc) is 3.45. The number of rotatable bonds is 13. The Balaban J connectivity index is 1.49. The Kier molecular flexibility index (Phi) is 10.5. The van der Waals surface area contributed by atoms with Gasteiger partial charge in [0.2, 0.25) is 11.8 Å². The number of aromatic amines is 1. The predicted molar refractivity (Wildman–Crippen MR) is 160 cm³/mol. The van der Waals surface area contributed by atoms with Gasteiger partial charge in [-0.1, -0.05) is 38.1 Å². The molecule has 0 unspecified atom stereocenters. The molecule has 43 heavy (non-hydrogen) atoms. The molecule has 1 aromatic heterocycles. The number of H-pyrrole nitrogens is 1. The maximum Gasteiger partial charge on any atom is 0.338 e. The minimum absolute atomic E-state index is 0.0314. The number of piperidine rings is 1. The molecule has 3 amide bonds. The minimum atomic E-state index is -1.10. The number of hydrogen-bond donors (Lipinski definition) is 4. The fourth-order valence-corrected chi connectivity index (χ4v) is 5.15. The summed E-state index contributed by atoms with van der Waals surface area (Å²) in [6.45, 7) is 3.80. The number of nitrogens with one attached hydrogen (secondary N) is 4. The summed E-state index contributed by atoms with van der Waals surface area (Å²) in [5.41, 5.74) is 1.24. The van der Waals surface area contributed by atoms with Crippen molar-refractivity contribution >= 4 is 40.4 Å². The molecule has 228 valence electrons. The van der Waals surface area contributed by atoms with Gasteiger partial charge in [-0.05, 0) is 61.9 Å². The number of Topliss-reactive ketones (excluding diaryl/α,β-unsaturated/α-hetero) is 1. The first-order valence-electron chi connectivity index (χ1n) is 14.5. The summed E-state index contributed by atoms with van der Waals surface area (Å²) in [4.78, 5) is 68.2. The third-order valence-electron chi connectivity index (χ3n) is 7.40. The van der Waals surface area contributed by atoms with Gasteiger partial charge in [0.1, 0.15) is 17.5 Å². The number of methoxy groups -OCH3 is 1. The molecular weight excluding hydrogens is 552 g/mol. The largest absolute Gasteiger partial charge is 0.496 e. The molecule has 2 aromatic carbocycles. The SMILES string of the molecule is COc1cccc2[nH]c(C(=O)N[C@@H](CC(C)C)C(=O)N[C@@H](C[C@@H]3CCCNC3=O)C(=O)COC(=O)c3ccccc3)cc12. The van der Waals surface area contributed by atoms with Crippen LogP contribution in [0.25, 0.3) is 10.9 Å². The van der Waals surface area contributed by atoms with Crippen molar-refractivity contribution in [3.63, 3.8) is 0 Å². The molecule has 0 spiro atoms. The summed E-state index contributed by atoms with van der Waals surface area (Å²) in [7, 11) is 1.54. The lowest BCUT2D eigenvalue weighted by Crippen LogP contribution is -2.54. The van der Waals surface area contributed by atoms with Crippen molar-refractivity contribution in [3.8, 4) is 5.75 Å². The molecule has 4 rings (SSSR count). The molecular formula is C32H38N4O7. The highest BCUT2D eigenvalue weighted by molar-refractivity contribution is 6.02. The summed E-state index contributed by atoms with van der Waals surface area (Å²) < 4.78 is 10.6. The molecule has 2 heterocycles. The maximum absolute atomic E-state index is 13.6. The van der Waals surface area contributed by atoms with E-state index in [-0.39, 0.29) is 29.5 Å². The van der Waals surface area contributed by atoms with E-state index in [0.717, 1.165) is 11.8 Å². The molecule has 1 fully saturated rings. The monoisotopic (exact) mass is 590 g/mol. The Labute approximate surface area is 250 Å². The van der Waals surface area contributed by atoms with Crippen LogP contribution >= 0.6 is 0 Å². The van der Waals surface area contributed by atoms with Crippen molar-refractivity contribution in [3.05, 3.63) is 65.9 Å². The highest BCUT2D eigenvalue weighted by Crippen LogP contribution is 2.26. The van der Waals surface area contributed by atoms with Crippen LogP contribution < -0.4 is 20.7 Å². The molecule has 0 saturated carbocycles. The lowest BCUT2D eigenvalue weighted by molar-refractivity contribution is -0.133. The predicted octanol–water partition coefficient (Wildman–Crippen LogP) is 3.15. The summed E-state index contributed by atoms with van der Waals surface area (Å²) >= 11 is 0. The van der Waals surface area contributed by atoms with E-state index in [9.17, 15) is 24.0 Å². The van der Waals surface area contributed by atoms with E-state index in [1.807, 2.05) is 19.9 Å². The topological polar surface area (TPSA) is 156 Å². The Morgan fingerprint density at radius 3 is 2.47 bits per heavy atom. The number of carbonyl (C=O) groups is 5. The molecule has 0 bridgehead atoms. The highest BCUT2D eigenvalue weighted by Gasteiger charge is 2.33. The second kappa shape index (κ2) is 14.5. The van der Waals surface area contributed by atoms with Crippen LogP contribution in [0.2, 0.25) is 0 Å². The van der Waals surface area contributed by atoms with Gasteiger partial charge in [0.05, 0.1) is 18.7 Å². The van der Waals surface area contributed by atoms with Crippen LogP contribution in [0.15, 0.2) is 54.6 Å². The van der Waals surface area contributed by atoms with Gasteiger partial charge in [0.15, 0.2) is 12.4 Å². The van der Waals surface area contributed by atoms with Crippen molar-refractivity contribution in [2.75, 3.05) is 20.3 Å². The third kappa shape index (κ3) is 8.21. The van der Waals surface area contributed by atoms with Crippen molar-refractivity contribution < 1.29 is 33.4 Å². The first kappa shape index (κ1) is 31.3. The van der Waals surface area contributed by atoms with Crippen LogP contribution in [-0.4, -0.2) is 66.8 Å². The number of ether oxygens (including phenoxy) is 2. The van der Waals surface area contributed by atoms with Crippen LogP contribution in [-0.2, 0) is 19.1 Å². The third-order valence-corrected chi connectivity index (χ3v) is 7.40. The Morgan fingerprint density at radius 1 is 1.00 bits per heavy atom. The number of benzene rings is 2. The molecule has 1 saturated heterocycles. The number of hydrogen-bond acceptors (Lipinski definition) is 7. The van der Waals surface area contributed by atoms with E-state index in [4.69, 9.17) is 9.47 Å². The molecule has 3 atom stereocenters. The van der Waals surface area contributed by atoms with Gasteiger partial charge >= 0.3 is 5.97 Å². The zero-order valence-corrected chi connectivity index (χ0v) is 24.6. The molecule has 11 nitrogen and oxygen atoms in total. The van der Waals surface area contributed by atoms with Crippen molar-refractivity contribution in [1.82, 2.24) is 20.9 Å². The Morgan fingerprint density at radius 2 is 1.77 bits per heavy atom. The van der Waals surface area contributed by atoms with Crippen molar-refractivity contribution in [2.45, 2.75) is 51.6 Å². The van der Waals surface area contributed by atoms with Gasteiger partial charge in [-0.25, -0.2) is 4.79 Å². The van der Waals surface area contributed by atoms with Gasteiger partial charge < -0.3 is 30.4 Å². The summed E-state index contributed by atoms with van der Waals surface area (Å²) in [5.74, 6) is -2.34. The number of carbonyl (C=O) groups excluding carboxylic acids is 5. The van der Waals surface area contributed by atoms with Gasteiger partial charge in [-0.2, -0.15) is 0 Å². The van der Waals surface area contributed by atoms with E-state index in [1.54, 1.807) is 55.6 Å². The number of aromatic nitrogens is 1. The average molecular weight is 591 g/mol. The van der Waals surface area contributed by atoms with Gasteiger partial charge in [-0.15, -0.1) is 0 Å². The van der Waals surface area contributed by atoms with Crippen molar-refractivity contribution in [2.24, 2.45) is 11.8 Å². The van der Waals surface area contributed by atoms with E-state index < -0.39 is 48.2 Å². The van der Waals surface area contributed by atoms with Crippen LogP contribution in [0.4, 0.5) is 0 Å². The van der Waals surface area contributed by atoms with Crippen LogP contribution in [0, 0.1) is 11.8 Å². The standard InChI is InChI=1S/C32H38N4O7/c1-19(2)15-25(36-31(40)26-17-22-23(34-26)12-7-13-28(22)42-3)30(39)35-24(16-21-11-8-14-33-29(21)38)27(37)18-43-32(41)20-9-5-4-6-10-20/h4-7,9-10,12-13,17,19,21,24-25,34H,8,11,14-16,18H2,1-3H3,(H,33,38)(H,35,39)(H,36,40)/t21-,24-,25-/m0/s1.